The van der Waals surface area contributed by atoms with E-state index in [2.05, 4.69) is 15.4 Å². The normalized spacial score (nSPS) is 15.0. The molecule has 0 atom stereocenters. The zero-order chi connectivity index (χ0) is 17.7. The summed E-state index contributed by atoms with van der Waals surface area (Å²) in [5.74, 6) is 0.731. The monoisotopic (exact) mass is 351 g/mol. The summed E-state index contributed by atoms with van der Waals surface area (Å²) < 4.78 is 5.31. The molecule has 7 nitrogen and oxygen atoms in total. The lowest BCUT2D eigenvalue weighted by Crippen LogP contribution is -2.47. The minimum Gasteiger partial charge on any atom is -0.443 e. The van der Waals surface area contributed by atoms with Crippen molar-refractivity contribution in [2.75, 3.05) is 11.6 Å². The Morgan fingerprint density at radius 3 is 2.75 bits per heavy atom. The summed E-state index contributed by atoms with van der Waals surface area (Å²) in [6.07, 6.45) is 5.29. The summed E-state index contributed by atoms with van der Waals surface area (Å²) in [7, 11) is 0. The maximum absolute atomic E-state index is 12.2. The summed E-state index contributed by atoms with van der Waals surface area (Å²) in [5, 5.41) is 10.8. The number of anilines is 1. The average Bonchev–Trinajstić information content (AvgIpc) is 2.98. The molecule has 0 unspecified atom stereocenters. The number of ether oxygens (including phenoxy) is 1. The first-order chi connectivity index (χ1) is 11.3. The van der Waals surface area contributed by atoms with Crippen LogP contribution in [0.1, 0.15) is 52.3 Å². The van der Waals surface area contributed by atoms with E-state index in [1.165, 1.54) is 19.0 Å². The highest BCUT2D eigenvalue weighted by Crippen LogP contribution is 2.28. The number of aromatic nitrogens is 2. The maximum Gasteiger partial charge on any atom is 0.426 e. The van der Waals surface area contributed by atoms with Crippen molar-refractivity contribution >= 4 is 23.5 Å². The second-order valence-corrected chi connectivity index (χ2v) is 7.26. The molecule has 1 heterocycles. The first-order valence-corrected chi connectivity index (χ1v) is 8.36. The topological polar surface area (TPSA) is 91.1 Å². The van der Waals surface area contributed by atoms with Gasteiger partial charge < -0.3 is 4.74 Å². The van der Waals surface area contributed by atoms with Crippen molar-refractivity contribution in [3.63, 3.8) is 0 Å². The standard InChI is InChI=1S/C16H22ClN5O2/c1-16(2,3)24-15(23)21-22(10-11-6-4-5-7-11)14-12(17)9-19-13(8-18)20-14/h9,11H,4-7,10H2,1-3H3,(H,21,23). The van der Waals surface area contributed by atoms with Gasteiger partial charge in [-0.2, -0.15) is 10.2 Å². The molecule has 2 rings (SSSR count). The molecule has 1 aromatic rings. The van der Waals surface area contributed by atoms with Gasteiger partial charge in [0.15, 0.2) is 5.82 Å². The Kier molecular flexibility index (Phi) is 5.84. The Balaban J connectivity index is 2.22. The second-order valence-electron chi connectivity index (χ2n) is 6.85. The molecule has 0 radical (unpaired) electrons. The number of hydrogen-bond donors (Lipinski definition) is 1. The van der Waals surface area contributed by atoms with Gasteiger partial charge in [-0.1, -0.05) is 24.4 Å². The van der Waals surface area contributed by atoms with Gasteiger partial charge in [-0.25, -0.2) is 15.2 Å². The highest BCUT2D eigenvalue weighted by molar-refractivity contribution is 6.32. The van der Waals surface area contributed by atoms with Gasteiger partial charge in [-0.3, -0.25) is 5.01 Å². The van der Waals surface area contributed by atoms with E-state index in [1.807, 2.05) is 6.07 Å². The van der Waals surface area contributed by atoms with Gasteiger partial charge in [0.2, 0.25) is 5.82 Å². The van der Waals surface area contributed by atoms with Crippen LogP contribution in [0.3, 0.4) is 0 Å². The Bertz CT molecular complexity index is 632. The van der Waals surface area contributed by atoms with E-state index < -0.39 is 11.7 Å². The molecule has 24 heavy (non-hydrogen) atoms. The first kappa shape index (κ1) is 18.3. The number of hydrogen-bond acceptors (Lipinski definition) is 6. The second kappa shape index (κ2) is 7.67. The number of hydrazine groups is 1. The lowest BCUT2D eigenvalue weighted by Gasteiger charge is -2.29. The van der Waals surface area contributed by atoms with Crippen LogP contribution >= 0.6 is 11.6 Å². The molecule has 130 valence electrons. The number of rotatable bonds is 4. The molecule has 0 spiro atoms. The van der Waals surface area contributed by atoms with Crippen LogP contribution in [0.2, 0.25) is 5.02 Å². The molecule has 8 heteroatoms. The predicted octanol–water partition coefficient (Wildman–Crippen LogP) is 3.44. The van der Waals surface area contributed by atoms with Crippen molar-refractivity contribution in [2.24, 2.45) is 5.92 Å². The van der Waals surface area contributed by atoms with Crippen molar-refractivity contribution in [3.8, 4) is 6.07 Å². The number of amides is 1. The Morgan fingerprint density at radius 2 is 2.17 bits per heavy atom. The van der Waals surface area contributed by atoms with Crippen molar-refractivity contribution in [1.82, 2.24) is 15.4 Å². The van der Waals surface area contributed by atoms with Gasteiger partial charge in [0.1, 0.15) is 16.7 Å². The summed E-state index contributed by atoms with van der Waals surface area (Å²) in [5.41, 5.74) is 2.08. The summed E-state index contributed by atoms with van der Waals surface area (Å²) in [4.78, 5) is 20.1. The number of carbonyl (C=O) groups is 1. The fourth-order valence-corrected chi connectivity index (χ4v) is 2.84. The third-order valence-electron chi connectivity index (χ3n) is 3.62. The van der Waals surface area contributed by atoms with E-state index in [0.29, 0.717) is 18.3 Å². The largest absolute Gasteiger partial charge is 0.443 e. The molecule has 1 amide bonds. The van der Waals surface area contributed by atoms with Crippen LogP contribution in [0.5, 0.6) is 0 Å². The minimum absolute atomic E-state index is 0.00295. The quantitative estimate of drug-likeness (QED) is 0.835. The Hall–Kier alpha value is -2.07. The van der Waals surface area contributed by atoms with Crippen LogP contribution in [0.15, 0.2) is 6.20 Å². The van der Waals surface area contributed by atoms with E-state index in [1.54, 1.807) is 25.8 Å². The molecule has 0 aliphatic heterocycles. The molecule has 1 aliphatic carbocycles. The number of nitriles is 1. The fraction of sp³-hybridized carbons (Fsp3) is 0.625. The minimum atomic E-state index is -0.615. The van der Waals surface area contributed by atoms with Gasteiger partial charge in [0.25, 0.3) is 0 Å². The van der Waals surface area contributed by atoms with Gasteiger partial charge >= 0.3 is 6.09 Å². The molecule has 1 aliphatic rings. The van der Waals surface area contributed by atoms with Crippen molar-refractivity contribution < 1.29 is 9.53 Å². The van der Waals surface area contributed by atoms with E-state index in [0.717, 1.165) is 12.8 Å². The summed E-state index contributed by atoms with van der Waals surface area (Å²) >= 11 is 6.18. The molecule has 0 saturated heterocycles. The van der Waals surface area contributed by atoms with Crippen LogP contribution < -0.4 is 10.4 Å². The summed E-state index contributed by atoms with van der Waals surface area (Å²) in [6, 6.07) is 1.88. The molecule has 1 N–H and O–H groups in total. The molecule has 0 aromatic carbocycles. The Morgan fingerprint density at radius 1 is 1.50 bits per heavy atom. The van der Waals surface area contributed by atoms with Crippen LogP contribution in [-0.2, 0) is 4.74 Å². The molecule has 1 aromatic heterocycles. The van der Waals surface area contributed by atoms with E-state index >= 15 is 0 Å². The van der Waals surface area contributed by atoms with Crippen molar-refractivity contribution in [3.05, 3.63) is 17.0 Å². The highest BCUT2D eigenvalue weighted by Gasteiger charge is 2.25. The number of carbonyl (C=O) groups excluding carboxylic acids is 1. The zero-order valence-electron chi connectivity index (χ0n) is 14.2. The van der Waals surface area contributed by atoms with Crippen LogP contribution in [-0.4, -0.2) is 28.2 Å². The third-order valence-corrected chi connectivity index (χ3v) is 3.89. The number of nitrogens with one attached hydrogen (secondary N) is 1. The first-order valence-electron chi connectivity index (χ1n) is 7.98. The fourth-order valence-electron chi connectivity index (χ4n) is 2.65. The smallest absolute Gasteiger partial charge is 0.426 e. The SMILES string of the molecule is CC(C)(C)OC(=O)NN(CC1CCCC1)c1nc(C#N)ncc1Cl. The van der Waals surface area contributed by atoms with E-state index in [4.69, 9.17) is 21.6 Å². The Labute approximate surface area is 146 Å². The summed E-state index contributed by atoms with van der Waals surface area (Å²) in [6.45, 7) is 5.93. The number of nitrogens with zero attached hydrogens (tertiary/aromatic N) is 4. The van der Waals surface area contributed by atoms with E-state index in [-0.39, 0.29) is 10.8 Å². The third kappa shape index (κ3) is 5.24. The molecule has 1 fully saturated rings. The molecular weight excluding hydrogens is 330 g/mol. The van der Waals surface area contributed by atoms with Crippen LogP contribution in [0, 0.1) is 17.2 Å². The van der Waals surface area contributed by atoms with Gasteiger partial charge in [0.05, 0.1) is 6.20 Å². The van der Waals surface area contributed by atoms with Crippen LogP contribution in [0.4, 0.5) is 10.6 Å². The molecule has 0 bridgehead atoms. The van der Waals surface area contributed by atoms with Gasteiger partial charge in [0, 0.05) is 6.54 Å². The number of halogens is 1. The average molecular weight is 352 g/mol. The molecular formula is C16H22ClN5O2. The van der Waals surface area contributed by atoms with Gasteiger partial charge in [-0.05, 0) is 39.5 Å². The lowest BCUT2D eigenvalue weighted by molar-refractivity contribution is 0.0518. The predicted molar refractivity (Wildman–Crippen MR) is 90.4 cm³/mol. The molecule has 1 saturated carbocycles. The van der Waals surface area contributed by atoms with Crippen molar-refractivity contribution in [1.29, 1.82) is 5.26 Å². The van der Waals surface area contributed by atoms with Gasteiger partial charge in [-0.15, -0.1) is 0 Å². The highest BCUT2D eigenvalue weighted by atomic mass is 35.5. The lowest BCUT2D eigenvalue weighted by atomic mass is 10.1. The van der Waals surface area contributed by atoms with E-state index in [9.17, 15) is 4.79 Å². The van der Waals surface area contributed by atoms with Crippen LogP contribution in [0.25, 0.3) is 0 Å². The zero-order valence-corrected chi connectivity index (χ0v) is 14.9. The van der Waals surface area contributed by atoms with Crippen molar-refractivity contribution in [2.45, 2.75) is 52.1 Å². The maximum atomic E-state index is 12.2.